The Kier molecular flexibility index (Phi) is 5.37. The minimum Gasteiger partial charge on any atom is -0.480 e. The number of hydrogen-bond acceptors (Lipinski definition) is 3. The molecule has 0 aliphatic heterocycles. The Morgan fingerprint density at radius 1 is 1.35 bits per heavy atom. The number of ether oxygens (including phenoxy) is 2. The molecule has 0 radical (unpaired) electrons. The zero-order valence-electron chi connectivity index (χ0n) is 9.50. The molecule has 0 fully saturated rings. The SMILES string of the molecule is CC=COC=C(OCc1ccccc1)C(=O)O. The van der Waals surface area contributed by atoms with E-state index in [1.165, 1.54) is 6.26 Å². The van der Waals surface area contributed by atoms with E-state index in [0.717, 1.165) is 11.8 Å². The molecule has 4 heteroatoms. The molecule has 0 bridgehead atoms. The van der Waals surface area contributed by atoms with Gasteiger partial charge in [0, 0.05) is 0 Å². The molecule has 17 heavy (non-hydrogen) atoms. The van der Waals surface area contributed by atoms with E-state index < -0.39 is 5.97 Å². The monoisotopic (exact) mass is 234 g/mol. The fourth-order valence-electron chi connectivity index (χ4n) is 1.06. The summed E-state index contributed by atoms with van der Waals surface area (Å²) in [4.78, 5) is 10.8. The fraction of sp³-hybridized carbons (Fsp3) is 0.154. The predicted octanol–water partition coefficient (Wildman–Crippen LogP) is 2.68. The molecular formula is C13H14O4. The van der Waals surface area contributed by atoms with E-state index in [2.05, 4.69) is 0 Å². The molecule has 0 saturated heterocycles. The Labute approximate surface area is 99.8 Å². The highest BCUT2D eigenvalue weighted by Crippen LogP contribution is 2.06. The van der Waals surface area contributed by atoms with Crippen LogP contribution in [0.5, 0.6) is 0 Å². The van der Waals surface area contributed by atoms with Crippen LogP contribution in [-0.2, 0) is 20.9 Å². The van der Waals surface area contributed by atoms with E-state index in [9.17, 15) is 4.79 Å². The van der Waals surface area contributed by atoms with Gasteiger partial charge in [0.25, 0.3) is 0 Å². The average Bonchev–Trinajstić information content (AvgIpc) is 2.34. The second kappa shape index (κ2) is 7.11. The summed E-state index contributed by atoms with van der Waals surface area (Å²) >= 11 is 0. The van der Waals surface area contributed by atoms with Gasteiger partial charge in [0.15, 0.2) is 0 Å². The maximum Gasteiger partial charge on any atom is 0.374 e. The van der Waals surface area contributed by atoms with E-state index >= 15 is 0 Å². The van der Waals surface area contributed by atoms with Gasteiger partial charge in [-0.1, -0.05) is 36.4 Å². The molecule has 0 saturated carbocycles. The highest BCUT2D eigenvalue weighted by atomic mass is 16.5. The first-order valence-electron chi connectivity index (χ1n) is 5.11. The quantitative estimate of drug-likeness (QED) is 0.607. The van der Waals surface area contributed by atoms with Crippen LogP contribution in [0, 0.1) is 0 Å². The van der Waals surface area contributed by atoms with E-state index in [1.807, 2.05) is 30.3 Å². The summed E-state index contributed by atoms with van der Waals surface area (Å²) in [5.74, 6) is -1.39. The summed E-state index contributed by atoms with van der Waals surface area (Å²) in [7, 11) is 0. The van der Waals surface area contributed by atoms with Crippen LogP contribution in [0.15, 0.2) is 54.7 Å². The van der Waals surface area contributed by atoms with Crippen LogP contribution in [0.25, 0.3) is 0 Å². The number of carboxylic acid groups (broad SMARTS) is 1. The van der Waals surface area contributed by atoms with Crippen molar-refractivity contribution in [1.82, 2.24) is 0 Å². The van der Waals surface area contributed by atoms with Gasteiger partial charge in [0.1, 0.15) is 12.9 Å². The van der Waals surface area contributed by atoms with Gasteiger partial charge in [-0.2, -0.15) is 0 Å². The van der Waals surface area contributed by atoms with Crippen molar-refractivity contribution >= 4 is 5.97 Å². The van der Waals surface area contributed by atoms with Gasteiger partial charge in [0.2, 0.25) is 5.76 Å². The van der Waals surface area contributed by atoms with Crippen LogP contribution in [-0.4, -0.2) is 11.1 Å². The Balaban J connectivity index is 2.56. The minimum absolute atomic E-state index is 0.193. The number of benzene rings is 1. The summed E-state index contributed by atoms with van der Waals surface area (Å²) in [5, 5.41) is 8.85. The maximum atomic E-state index is 10.8. The Hall–Kier alpha value is -2.23. The van der Waals surface area contributed by atoms with E-state index in [1.54, 1.807) is 13.0 Å². The van der Waals surface area contributed by atoms with Crippen molar-refractivity contribution in [1.29, 1.82) is 0 Å². The highest BCUT2D eigenvalue weighted by Gasteiger charge is 2.09. The van der Waals surface area contributed by atoms with Gasteiger partial charge >= 0.3 is 5.97 Å². The number of allylic oxidation sites excluding steroid dienone is 1. The number of hydrogen-bond donors (Lipinski definition) is 1. The predicted molar refractivity (Wildman–Crippen MR) is 62.8 cm³/mol. The summed E-state index contributed by atoms with van der Waals surface area (Å²) in [6.07, 6.45) is 4.08. The molecule has 0 amide bonds. The summed E-state index contributed by atoms with van der Waals surface area (Å²) in [6, 6.07) is 9.31. The van der Waals surface area contributed by atoms with Gasteiger partial charge < -0.3 is 14.6 Å². The third-order valence-corrected chi connectivity index (χ3v) is 1.84. The van der Waals surface area contributed by atoms with E-state index in [4.69, 9.17) is 14.6 Å². The molecular weight excluding hydrogens is 220 g/mol. The highest BCUT2D eigenvalue weighted by molar-refractivity contribution is 5.83. The van der Waals surface area contributed by atoms with Crippen LogP contribution in [0.1, 0.15) is 12.5 Å². The molecule has 1 N–H and O–H groups in total. The molecule has 0 unspecified atom stereocenters. The van der Waals surface area contributed by atoms with Crippen molar-refractivity contribution in [2.45, 2.75) is 13.5 Å². The molecule has 90 valence electrons. The topological polar surface area (TPSA) is 55.8 Å². The average molecular weight is 234 g/mol. The number of carbonyl (C=O) groups is 1. The molecule has 0 atom stereocenters. The summed E-state index contributed by atoms with van der Waals surface area (Å²) < 4.78 is 9.99. The van der Waals surface area contributed by atoms with Crippen LogP contribution in [0.2, 0.25) is 0 Å². The fourth-order valence-corrected chi connectivity index (χ4v) is 1.06. The van der Waals surface area contributed by atoms with E-state index in [-0.39, 0.29) is 12.4 Å². The van der Waals surface area contributed by atoms with Crippen LogP contribution in [0.4, 0.5) is 0 Å². The summed E-state index contributed by atoms with van der Waals surface area (Å²) in [5.41, 5.74) is 0.894. The first-order valence-corrected chi connectivity index (χ1v) is 5.11. The molecule has 1 aromatic carbocycles. The van der Waals surface area contributed by atoms with Crippen LogP contribution >= 0.6 is 0 Å². The Morgan fingerprint density at radius 2 is 2.06 bits per heavy atom. The number of rotatable bonds is 6. The minimum atomic E-state index is -1.16. The third-order valence-electron chi connectivity index (χ3n) is 1.84. The zero-order valence-corrected chi connectivity index (χ0v) is 9.50. The lowest BCUT2D eigenvalue weighted by molar-refractivity contribution is -0.137. The van der Waals surface area contributed by atoms with Crippen molar-refractivity contribution < 1.29 is 19.4 Å². The van der Waals surface area contributed by atoms with Gasteiger partial charge in [0.05, 0.1) is 6.26 Å². The van der Waals surface area contributed by atoms with Crippen molar-refractivity contribution in [3.8, 4) is 0 Å². The molecule has 0 aliphatic carbocycles. The van der Waals surface area contributed by atoms with Crippen molar-refractivity contribution in [2.75, 3.05) is 0 Å². The lowest BCUT2D eigenvalue weighted by atomic mass is 10.2. The normalized spacial score (nSPS) is 11.5. The Morgan fingerprint density at radius 3 is 2.65 bits per heavy atom. The maximum absolute atomic E-state index is 10.8. The summed E-state index contributed by atoms with van der Waals surface area (Å²) in [6.45, 7) is 1.96. The lowest BCUT2D eigenvalue weighted by Gasteiger charge is -2.06. The van der Waals surface area contributed by atoms with Crippen LogP contribution < -0.4 is 0 Å². The van der Waals surface area contributed by atoms with Gasteiger partial charge in [-0.3, -0.25) is 0 Å². The number of carboxylic acids is 1. The molecule has 0 aliphatic rings. The standard InChI is InChI=1S/C13H14O4/c1-2-8-16-10-12(13(14)15)17-9-11-6-4-3-5-7-11/h2-8,10H,9H2,1H3,(H,14,15). The number of aliphatic carboxylic acids is 1. The molecule has 1 aromatic rings. The molecule has 0 spiro atoms. The molecule has 4 nitrogen and oxygen atoms in total. The van der Waals surface area contributed by atoms with Gasteiger partial charge in [-0.25, -0.2) is 4.79 Å². The molecule has 0 aromatic heterocycles. The second-order valence-corrected chi connectivity index (χ2v) is 3.17. The van der Waals surface area contributed by atoms with Crippen LogP contribution in [0.3, 0.4) is 0 Å². The molecule has 0 heterocycles. The van der Waals surface area contributed by atoms with E-state index in [0.29, 0.717) is 0 Å². The van der Waals surface area contributed by atoms with Crippen molar-refractivity contribution in [3.05, 3.63) is 60.3 Å². The largest absolute Gasteiger partial charge is 0.480 e. The Bertz CT molecular complexity index is 407. The van der Waals surface area contributed by atoms with Crippen molar-refractivity contribution in [3.63, 3.8) is 0 Å². The lowest BCUT2D eigenvalue weighted by Crippen LogP contribution is -2.05. The smallest absolute Gasteiger partial charge is 0.374 e. The first-order chi connectivity index (χ1) is 8.24. The zero-order chi connectivity index (χ0) is 12.5. The third kappa shape index (κ3) is 4.88. The van der Waals surface area contributed by atoms with Gasteiger partial charge in [-0.05, 0) is 12.5 Å². The second-order valence-electron chi connectivity index (χ2n) is 3.17. The first kappa shape index (κ1) is 12.8. The molecule has 1 rings (SSSR count). The van der Waals surface area contributed by atoms with Crippen molar-refractivity contribution in [2.24, 2.45) is 0 Å². The van der Waals surface area contributed by atoms with Gasteiger partial charge in [-0.15, -0.1) is 0 Å².